The van der Waals surface area contributed by atoms with Crippen LogP contribution in [0.25, 0.3) is 11.2 Å². The van der Waals surface area contributed by atoms with E-state index < -0.39 is 0 Å². The molecule has 0 atom stereocenters. The van der Waals surface area contributed by atoms with Gasteiger partial charge < -0.3 is 9.88 Å². The first-order valence-electron chi connectivity index (χ1n) is 7.34. The Labute approximate surface area is 123 Å². The molecule has 106 valence electrons. The average Bonchev–Trinajstić information content (AvgIpc) is 3.26. The zero-order chi connectivity index (χ0) is 14.1. The smallest absolute Gasteiger partial charge is 0.165 e. The van der Waals surface area contributed by atoms with Gasteiger partial charge in [0.05, 0.1) is 6.33 Å². The van der Waals surface area contributed by atoms with Crippen molar-refractivity contribution < 1.29 is 0 Å². The van der Waals surface area contributed by atoms with E-state index in [1.54, 1.807) is 6.33 Å². The van der Waals surface area contributed by atoms with E-state index in [1.807, 2.05) is 24.5 Å². The van der Waals surface area contributed by atoms with Gasteiger partial charge in [-0.25, -0.2) is 15.0 Å². The number of anilines is 1. The monoisotopic (exact) mass is 279 g/mol. The lowest BCUT2D eigenvalue weighted by molar-refractivity contribution is 0.638. The molecule has 0 radical (unpaired) electrons. The Balaban J connectivity index is 1.58. The maximum Gasteiger partial charge on any atom is 0.165 e. The molecule has 5 nitrogen and oxygen atoms in total. The Morgan fingerprint density at radius 1 is 1.10 bits per heavy atom. The molecule has 0 bridgehead atoms. The van der Waals surface area contributed by atoms with Crippen LogP contribution in [0.2, 0.25) is 0 Å². The first-order chi connectivity index (χ1) is 10.4. The highest BCUT2D eigenvalue weighted by atomic mass is 15.1. The van der Waals surface area contributed by atoms with Gasteiger partial charge in [0, 0.05) is 13.1 Å². The zero-order valence-electron chi connectivity index (χ0n) is 11.7. The fourth-order valence-corrected chi connectivity index (χ4v) is 2.50. The van der Waals surface area contributed by atoms with Crippen molar-refractivity contribution in [3.8, 4) is 0 Å². The summed E-state index contributed by atoms with van der Waals surface area (Å²) in [6, 6.07) is 10.3. The zero-order valence-corrected chi connectivity index (χ0v) is 11.7. The first-order valence-corrected chi connectivity index (χ1v) is 7.34. The molecular formula is C16H17N5. The molecule has 1 aliphatic carbocycles. The van der Waals surface area contributed by atoms with Gasteiger partial charge in [0.25, 0.3) is 0 Å². The number of nitrogens with zero attached hydrogens (tertiary/aromatic N) is 4. The summed E-state index contributed by atoms with van der Waals surface area (Å²) in [4.78, 5) is 13.2. The summed E-state index contributed by atoms with van der Waals surface area (Å²) >= 11 is 0. The standard InChI is InChI=1S/C16H17N5/c1-2-4-12(5-3-1)8-17-15-14-16(19-10-18-15)21(11-20-14)9-13-6-7-13/h1-5,10-11,13H,6-9H2,(H,17,18,19). The predicted octanol–water partition coefficient (Wildman–Crippen LogP) is 2.85. The molecule has 1 saturated carbocycles. The molecule has 0 spiro atoms. The van der Waals surface area contributed by atoms with E-state index in [-0.39, 0.29) is 0 Å². The second kappa shape index (κ2) is 5.16. The molecular weight excluding hydrogens is 262 g/mol. The summed E-state index contributed by atoms with van der Waals surface area (Å²) in [6.45, 7) is 1.76. The molecule has 2 aromatic heterocycles. The molecule has 1 aromatic carbocycles. The second-order valence-electron chi connectivity index (χ2n) is 5.57. The van der Waals surface area contributed by atoms with Crippen LogP contribution in [0.15, 0.2) is 43.0 Å². The molecule has 0 aliphatic heterocycles. The lowest BCUT2D eigenvalue weighted by Gasteiger charge is -2.06. The van der Waals surface area contributed by atoms with E-state index >= 15 is 0 Å². The molecule has 0 saturated heterocycles. The normalized spacial score (nSPS) is 14.5. The number of hydrogen-bond acceptors (Lipinski definition) is 4. The van der Waals surface area contributed by atoms with Gasteiger partial charge in [-0.1, -0.05) is 30.3 Å². The fourth-order valence-electron chi connectivity index (χ4n) is 2.50. The minimum Gasteiger partial charge on any atom is -0.364 e. The van der Waals surface area contributed by atoms with Gasteiger partial charge in [0.2, 0.25) is 0 Å². The molecule has 1 N–H and O–H groups in total. The fraction of sp³-hybridized carbons (Fsp3) is 0.312. The van der Waals surface area contributed by atoms with Crippen molar-refractivity contribution in [2.24, 2.45) is 5.92 Å². The van der Waals surface area contributed by atoms with Gasteiger partial charge in [-0.15, -0.1) is 0 Å². The van der Waals surface area contributed by atoms with Gasteiger partial charge in [-0.05, 0) is 24.3 Å². The third-order valence-corrected chi connectivity index (χ3v) is 3.86. The van der Waals surface area contributed by atoms with Gasteiger partial charge in [-0.3, -0.25) is 0 Å². The molecule has 4 rings (SSSR count). The summed E-state index contributed by atoms with van der Waals surface area (Å²) < 4.78 is 2.14. The second-order valence-corrected chi connectivity index (χ2v) is 5.57. The Hall–Kier alpha value is -2.43. The molecule has 3 aromatic rings. The molecule has 0 unspecified atom stereocenters. The third-order valence-electron chi connectivity index (χ3n) is 3.86. The average molecular weight is 279 g/mol. The van der Waals surface area contributed by atoms with E-state index in [0.29, 0.717) is 0 Å². The van der Waals surface area contributed by atoms with Gasteiger partial charge in [0.1, 0.15) is 11.8 Å². The summed E-state index contributed by atoms with van der Waals surface area (Å²) in [5, 5.41) is 3.36. The van der Waals surface area contributed by atoms with Crippen LogP contribution < -0.4 is 5.32 Å². The summed E-state index contributed by atoms with van der Waals surface area (Å²) in [5.74, 6) is 1.61. The van der Waals surface area contributed by atoms with Crippen molar-refractivity contribution in [2.75, 3.05) is 5.32 Å². The van der Waals surface area contributed by atoms with Crippen LogP contribution in [0.4, 0.5) is 5.82 Å². The van der Waals surface area contributed by atoms with E-state index in [1.165, 1.54) is 18.4 Å². The molecule has 2 heterocycles. The summed E-state index contributed by atoms with van der Waals surface area (Å²) in [6.07, 6.45) is 6.14. The van der Waals surface area contributed by atoms with Crippen molar-refractivity contribution >= 4 is 17.0 Å². The summed E-state index contributed by atoms with van der Waals surface area (Å²) in [5.41, 5.74) is 3.00. The molecule has 0 amide bonds. The minimum absolute atomic E-state index is 0.739. The van der Waals surface area contributed by atoms with Crippen LogP contribution in [0.3, 0.4) is 0 Å². The third kappa shape index (κ3) is 2.59. The number of hydrogen-bond donors (Lipinski definition) is 1. The van der Waals surface area contributed by atoms with E-state index in [9.17, 15) is 0 Å². The highest BCUT2D eigenvalue weighted by molar-refractivity contribution is 5.82. The Morgan fingerprint density at radius 3 is 2.76 bits per heavy atom. The van der Waals surface area contributed by atoms with Gasteiger partial charge >= 0.3 is 0 Å². The van der Waals surface area contributed by atoms with Crippen molar-refractivity contribution in [3.63, 3.8) is 0 Å². The van der Waals surface area contributed by atoms with E-state index in [0.717, 1.165) is 36.0 Å². The number of nitrogens with one attached hydrogen (secondary N) is 1. The number of benzene rings is 1. The largest absolute Gasteiger partial charge is 0.364 e. The number of aromatic nitrogens is 4. The maximum absolute atomic E-state index is 4.49. The SMILES string of the molecule is c1ccc(CNc2ncnc3c2ncn3CC2CC2)cc1. The highest BCUT2D eigenvalue weighted by Crippen LogP contribution is 2.31. The van der Waals surface area contributed by atoms with Crippen molar-refractivity contribution in [1.82, 2.24) is 19.5 Å². The Morgan fingerprint density at radius 2 is 1.95 bits per heavy atom. The lowest BCUT2D eigenvalue weighted by Crippen LogP contribution is -2.04. The van der Waals surface area contributed by atoms with Crippen LogP contribution in [0.1, 0.15) is 18.4 Å². The predicted molar refractivity (Wildman–Crippen MR) is 81.8 cm³/mol. The van der Waals surface area contributed by atoms with Crippen LogP contribution in [0, 0.1) is 5.92 Å². The maximum atomic E-state index is 4.49. The van der Waals surface area contributed by atoms with Crippen LogP contribution in [-0.2, 0) is 13.1 Å². The van der Waals surface area contributed by atoms with Gasteiger partial charge in [0.15, 0.2) is 11.5 Å². The van der Waals surface area contributed by atoms with Crippen molar-refractivity contribution in [1.29, 1.82) is 0 Å². The highest BCUT2D eigenvalue weighted by Gasteiger charge is 2.23. The molecule has 21 heavy (non-hydrogen) atoms. The van der Waals surface area contributed by atoms with Crippen LogP contribution in [0.5, 0.6) is 0 Å². The molecule has 5 heteroatoms. The number of imidazole rings is 1. The minimum atomic E-state index is 0.739. The van der Waals surface area contributed by atoms with Crippen molar-refractivity contribution in [2.45, 2.75) is 25.9 Å². The van der Waals surface area contributed by atoms with Crippen LogP contribution in [-0.4, -0.2) is 19.5 Å². The Bertz CT molecular complexity index is 746. The quantitative estimate of drug-likeness (QED) is 0.780. The number of rotatable bonds is 5. The van der Waals surface area contributed by atoms with Gasteiger partial charge in [-0.2, -0.15) is 0 Å². The topological polar surface area (TPSA) is 55.6 Å². The first kappa shape index (κ1) is 12.3. The molecule has 1 fully saturated rings. The lowest BCUT2D eigenvalue weighted by atomic mass is 10.2. The van der Waals surface area contributed by atoms with Crippen molar-refractivity contribution in [3.05, 3.63) is 48.5 Å². The van der Waals surface area contributed by atoms with E-state index in [4.69, 9.17) is 0 Å². The Kier molecular flexibility index (Phi) is 3.03. The van der Waals surface area contributed by atoms with Crippen LogP contribution >= 0.6 is 0 Å². The van der Waals surface area contributed by atoms with E-state index in [2.05, 4.69) is 37.0 Å². The summed E-state index contributed by atoms with van der Waals surface area (Å²) in [7, 11) is 0. The molecule has 1 aliphatic rings. The number of fused-ring (bicyclic) bond motifs is 1.